The fourth-order valence-electron chi connectivity index (χ4n) is 0.944. The Morgan fingerprint density at radius 2 is 2.20 bits per heavy atom. The fraction of sp³-hybridized carbons (Fsp3) is 0.500. The lowest BCUT2D eigenvalue weighted by atomic mass is 10.0. The molecule has 2 N–H and O–H groups in total. The van der Waals surface area contributed by atoms with E-state index in [1.54, 1.807) is 13.0 Å². The zero-order valence-electron chi connectivity index (χ0n) is 8.72. The van der Waals surface area contributed by atoms with Gasteiger partial charge in [0.2, 0.25) is 0 Å². The van der Waals surface area contributed by atoms with Crippen molar-refractivity contribution < 1.29 is 5.11 Å². The van der Waals surface area contributed by atoms with Crippen molar-refractivity contribution in [2.45, 2.75) is 25.9 Å². The van der Waals surface area contributed by atoms with Crippen molar-refractivity contribution in [3.8, 4) is 0 Å². The third kappa shape index (κ3) is 3.86. The largest absolute Gasteiger partial charge is 0.388 e. The maximum atomic E-state index is 9.77. The SMILES string of the molecule is CCC(C)(O)CNc1ncc(Cl)cc1Cl. The van der Waals surface area contributed by atoms with Crippen LogP contribution in [-0.2, 0) is 0 Å². The standard InChI is InChI=1S/C10H14Cl2N2O/c1-3-10(2,15)6-14-9-8(12)4-7(11)5-13-9/h4-5,15H,3,6H2,1-2H3,(H,13,14). The van der Waals surface area contributed by atoms with Crippen LogP contribution in [0.2, 0.25) is 10.0 Å². The number of nitrogens with one attached hydrogen (secondary N) is 1. The Balaban J connectivity index is 2.66. The molecule has 1 atom stereocenters. The van der Waals surface area contributed by atoms with Crippen molar-refractivity contribution in [2.24, 2.45) is 0 Å². The van der Waals surface area contributed by atoms with Gasteiger partial charge in [0, 0.05) is 12.7 Å². The maximum Gasteiger partial charge on any atom is 0.144 e. The Kier molecular flexibility index (Phi) is 4.20. The number of halogens is 2. The van der Waals surface area contributed by atoms with Crippen molar-refractivity contribution in [3.05, 3.63) is 22.3 Å². The average molecular weight is 249 g/mol. The van der Waals surface area contributed by atoms with Gasteiger partial charge in [0.25, 0.3) is 0 Å². The normalized spacial score (nSPS) is 14.7. The van der Waals surface area contributed by atoms with Gasteiger partial charge >= 0.3 is 0 Å². The molecule has 0 aliphatic heterocycles. The first kappa shape index (κ1) is 12.6. The highest BCUT2D eigenvalue weighted by Crippen LogP contribution is 2.23. The van der Waals surface area contributed by atoms with Gasteiger partial charge in [0.15, 0.2) is 0 Å². The second-order valence-electron chi connectivity index (χ2n) is 3.69. The van der Waals surface area contributed by atoms with E-state index < -0.39 is 5.60 Å². The van der Waals surface area contributed by atoms with E-state index in [0.717, 1.165) is 0 Å². The Morgan fingerprint density at radius 3 is 2.73 bits per heavy atom. The molecule has 0 aromatic carbocycles. The summed E-state index contributed by atoms with van der Waals surface area (Å²) >= 11 is 11.6. The monoisotopic (exact) mass is 248 g/mol. The first-order valence-corrected chi connectivity index (χ1v) is 5.47. The summed E-state index contributed by atoms with van der Waals surface area (Å²) in [6, 6.07) is 1.61. The van der Waals surface area contributed by atoms with E-state index in [1.165, 1.54) is 6.20 Å². The first-order chi connectivity index (χ1) is 6.94. The van der Waals surface area contributed by atoms with Gasteiger partial charge in [-0.25, -0.2) is 4.98 Å². The predicted octanol–water partition coefficient (Wildman–Crippen LogP) is 2.96. The Hall–Kier alpha value is -0.510. The molecule has 0 aliphatic rings. The molecule has 1 heterocycles. The van der Waals surface area contributed by atoms with Crippen LogP contribution in [0.15, 0.2) is 12.3 Å². The molecule has 1 unspecified atom stereocenters. The number of aromatic nitrogens is 1. The van der Waals surface area contributed by atoms with Crippen LogP contribution in [0.25, 0.3) is 0 Å². The van der Waals surface area contributed by atoms with Crippen LogP contribution < -0.4 is 5.32 Å². The summed E-state index contributed by atoms with van der Waals surface area (Å²) in [5.74, 6) is 0.537. The second kappa shape index (κ2) is 5.01. The lowest BCUT2D eigenvalue weighted by Gasteiger charge is -2.22. The van der Waals surface area contributed by atoms with E-state index >= 15 is 0 Å². The molecular weight excluding hydrogens is 235 g/mol. The molecule has 0 bridgehead atoms. The van der Waals surface area contributed by atoms with Crippen LogP contribution in [0.4, 0.5) is 5.82 Å². The number of rotatable bonds is 4. The Morgan fingerprint density at radius 1 is 1.53 bits per heavy atom. The molecular formula is C10H14Cl2N2O. The highest BCUT2D eigenvalue weighted by atomic mass is 35.5. The van der Waals surface area contributed by atoms with Gasteiger partial charge in [-0.1, -0.05) is 30.1 Å². The zero-order valence-corrected chi connectivity index (χ0v) is 10.2. The predicted molar refractivity (Wildman–Crippen MR) is 63.7 cm³/mol. The van der Waals surface area contributed by atoms with Gasteiger partial charge in [-0.3, -0.25) is 0 Å². The van der Waals surface area contributed by atoms with Crippen molar-refractivity contribution >= 4 is 29.0 Å². The number of hydrogen-bond donors (Lipinski definition) is 2. The summed E-state index contributed by atoms with van der Waals surface area (Å²) in [7, 11) is 0. The minimum Gasteiger partial charge on any atom is -0.388 e. The summed E-state index contributed by atoms with van der Waals surface area (Å²) < 4.78 is 0. The molecule has 0 radical (unpaired) electrons. The summed E-state index contributed by atoms with van der Waals surface area (Å²) in [5.41, 5.74) is -0.759. The van der Waals surface area contributed by atoms with Crippen LogP contribution in [0.1, 0.15) is 20.3 Å². The van der Waals surface area contributed by atoms with Crippen LogP contribution in [0, 0.1) is 0 Å². The molecule has 0 spiro atoms. The van der Waals surface area contributed by atoms with Gasteiger partial charge in [-0.05, 0) is 19.4 Å². The van der Waals surface area contributed by atoms with E-state index in [0.29, 0.717) is 28.8 Å². The molecule has 15 heavy (non-hydrogen) atoms. The lowest BCUT2D eigenvalue weighted by Crippen LogP contribution is -2.32. The van der Waals surface area contributed by atoms with Gasteiger partial charge < -0.3 is 10.4 Å². The molecule has 84 valence electrons. The molecule has 1 aromatic rings. The fourth-order valence-corrected chi connectivity index (χ4v) is 1.39. The molecule has 5 heteroatoms. The van der Waals surface area contributed by atoms with Gasteiger partial charge in [-0.2, -0.15) is 0 Å². The third-order valence-electron chi connectivity index (χ3n) is 2.21. The average Bonchev–Trinajstić information content (AvgIpc) is 2.16. The smallest absolute Gasteiger partial charge is 0.144 e. The number of pyridine rings is 1. The minimum absolute atomic E-state index is 0.401. The van der Waals surface area contributed by atoms with Crippen molar-refractivity contribution in [1.82, 2.24) is 4.98 Å². The lowest BCUT2D eigenvalue weighted by molar-refractivity contribution is 0.0696. The molecule has 1 aromatic heterocycles. The third-order valence-corrected chi connectivity index (χ3v) is 2.70. The van der Waals surface area contributed by atoms with Gasteiger partial charge in [0.05, 0.1) is 15.6 Å². The number of nitrogens with zero attached hydrogens (tertiary/aromatic N) is 1. The molecule has 0 aliphatic carbocycles. The molecule has 0 amide bonds. The van der Waals surface area contributed by atoms with Crippen molar-refractivity contribution in [2.75, 3.05) is 11.9 Å². The summed E-state index contributed by atoms with van der Waals surface area (Å²) in [4.78, 5) is 4.03. The topological polar surface area (TPSA) is 45.1 Å². The maximum absolute atomic E-state index is 9.77. The van der Waals surface area contributed by atoms with Crippen molar-refractivity contribution in [1.29, 1.82) is 0 Å². The Labute approximate surface area is 99.4 Å². The second-order valence-corrected chi connectivity index (χ2v) is 4.53. The molecule has 0 saturated carbocycles. The summed E-state index contributed by atoms with van der Waals surface area (Å²) in [6.45, 7) is 4.07. The van der Waals surface area contributed by atoms with E-state index in [2.05, 4.69) is 10.3 Å². The Bertz CT molecular complexity index is 342. The van der Waals surface area contributed by atoms with Crippen LogP contribution in [0.3, 0.4) is 0 Å². The quantitative estimate of drug-likeness (QED) is 0.862. The highest BCUT2D eigenvalue weighted by Gasteiger charge is 2.17. The molecule has 1 rings (SSSR count). The first-order valence-electron chi connectivity index (χ1n) is 4.72. The number of anilines is 1. The van der Waals surface area contributed by atoms with Crippen LogP contribution >= 0.6 is 23.2 Å². The highest BCUT2D eigenvalue weighted by molar-refractivity contribution is 6.35. The zero-order chi connectivity index (χ0) is 11.5. The van der Waals surface area contributed by atoms with Gasteiger partial charge in [-0.15, -0.1) is 0 Å². The summed E-state index contributed by atoms with van der Waals surface area (Å²) in [6.07, 6.45) is 2.17. The number of aliphatic hydroxyl groups is 1. The van der Waals surface area contributed by atoms with E-state index in [9.17, 15) is 5.11 Å². The molecule has 0 saturated heterocycles. The molecule has 0 fully saturated rings. The van der Waals surface area contributed by atoms with Crippen LogP contribution in [0.5, 0.6) is 0 Å². The van der Waals surface area contributed by atoms with Crippen LogP contribution in [-0.4, -0.2) is 22.2 Å². The van der Waals surface area contributed by atoms with E-state index in [1.807, 2.05) is 6.92 Å². The van der Waals surface area contributed by atoms with E-state index in [-0.39, 0.29) is 0 Å². The number of hydrogen-bond acceptors (Lipinski definition) is 3. The van der Waals surface area contributed by atoms with Gasteiger partial charge in [0.1, 0.15) is 5.82 Å². The minimum atomic E-state index is -0.759. The van der Waals surface area contributed by atoms with Crippen molar-refractivity contribution in [3.63, 3.8) is 0 Å². The molecule has 3 nitrogen and oxygen atoms in total. The summed E-state index contributed by atoms with van der Waals surface area (Å²) in [5, 5.41) is 13.7. The van der Waals surface area contributed by atoms with E-state index in [4.69, 9.17) is 23.2 Å².